The highest BCUT2D eigenvalue weighted by atomic mass is 16.6. The van der Waals surface area contributed by atoms with Crippen molar-refractivity contribution in [3.05, 3.63) is 65.4 Å². The molecule has 1 unspecified atom stereocenters. The molecule has 1 aliphatic heterocycles. The summed E-state index contributed by atoms with van der Waals surface area (Å²) in [6, 6.07) is 12.3. The zero-order valence-corrected chi connectivity index (χ0v) is 21.4. The molecule has 0 amide bonds. The fourth-order valence-electron chi connectivity index (χ4n) is 4.29. The number of ether oxygens (including phenoxy) is 3. The SMILES string of the molecule is CCCCOc1cc2c(cc1OC)C(/C=C/c1ccc3ccn(C(=O)OC(C)(C)C)c3c1)NCC2. The molecular formula is C29H36N2O4. The van der Waals surface area contributed by atoms with Gasteiger partial charge in [-0.05, 0) is 74.6 Å². The van der Waals surface area contributed by atoms with Gasteiger partial charge in [0.2, 0.25) is 0 Å². The van der Waals surface area contributed by atoms with E-state index in [1.54, 1.807) is 17.9 Å². The molecule has 1 atom stereocenters. The summed E-state index contributed by atoms with van der Waals surface area (Å²) in [5, 5.41) is 4.59. The van der Waals surface area contributed by atoms with Crippen LogP contribution in [-0.2, 0) is 11.2 Å². The Hall–Kier alpha value is -3.25. The number of hydrogen-bond acceptors (Lipinski definition) is 5. The first-order valence-corrected chi connectivity index (χ1v) is 12.4. The fraction of sp³-hybridized carbons (Fsp3) is 0.414. The van der Waals surface area contributed by atoms with Crippen molar-refractivity contribution in [3.63, 3.8) is 0 Å². The predicted molar refractivity (Wildman–Crippen MR) is 140 cm³/mol. The molecule has 0 bridgehead atoms. The summed E-state index contributed by atoms with van der Waals surface area (Å²) >= 11 is 0. The Morgan fingerprint density at radius 1 is 1.17 bits per heavy atom. The number of nitrogens with one attached hydrogen (secondary N) is 1. The molecule has 6 nitrogen and oxygen atoms in total. The van der Waals surface area contributed by atoms with E-state index in [-0.39, 0.29) is 12.1 Å². The van der Waals surface area contributed by atoms with Crippen LogP contribution in [0.15, 0.2) is 48.7 Å². The summed E-state index contributed by atoms with van der Waals surface area (Å²) in [7, 11) is 1.69. The van der Waals surface area contributed by atoms with Crippen molar-refractivity contribution in [2.75, 3.05) is 20.3 Å². The number of unbranched alkanes of at least 4 members (excludes halogenated alkanes) is 1. The maximum absolute atomic E-state index is 12.7. The summed E-state index contributed by atoms with van der Waals surface area (Å²) in [5.41, 5.74) is 3.77. The maximum Gasteiger partial charge on any atom is 0.418 e. The Balaban J connectivity index is 1.58. The first-order valence-electron chi connectivity index (χ1n) is 12.4. The van der Waals surface area contributed by atoms with E-state index in [1.165, 1.54) is 11.1 Å². The molecule has 1 aromatic heterocycles. The van der Waals surface area contributed by atoms with Crippen molar-refractivity contribution in [1.82, 2.24) is 9.88 Å². The highest BCUT2D eigenvalue weighted by Gasteiger charge is 2.22. The van der Waals surface area contributed by atoms with Crippen molar-refractivity contribution >= 4 is 23.1 Å². The summed E-state index contributed by atoms with van der Waals surface area (Å²) in [5.74, 6) is 1.58. The van der Waals surface area contributed by atoms with Gasteiger partial charge in [0.05, 0.1) is 25.3 Å². The van der Waals surface area contributed by atoms with Gasteiger partial charge in [-0.25, -0.2) is 4.79 Å². The molecule has 0 saturated heterocycles. The van der Waals surface area contributed by atoms with Gasteiger partial charge < -0.3 is 19.5 Å². The van der Waals surface area contributed by atoms with Gasteiger partial charge in [-0.3, -0.25) is 4.57 Å². The Morgan fingerprint density at radius 2 is 2.00 bits per heavy atom. The second kappa shape index (κ2) is 10.6. The molecule has 0 saturated carbocycles. The molecule has 0 aliphatic carbocycles. The van der Waals surface area contributed by atoms with Gasteiger partial charge in [-0.1, -0.05) is 37.6 Å². The highest BCUT2D eigenvalue weighted by molar-refractivity contribution is 5.90. The molecule has 4 rings (SSSR count). The molecular weight excluding hydrogens is 440 g/mol. The van der Waals surface area contributed by atoms with Crippen LogP contribution >= 0.6 is 0 Å². The minimum absolute atomic E-state index is 0.0608. The van der Waals surface area contributed by atoms with Gasteiger partial charge in [0.1, 0.15) is 5.60 Å². The Morgan fingerprint density at radius 3 is 2.74 bits per heavy atom. The average Bonchev–Trinajstić information content (AvgIpc) is 3.25. The van der Waals surface area contributed by atoms with Gasteiger partial charge in [-0.2, -0.15) is 0 Å². The van der Waals surface area contributed by atoms with E-state index in [1.807, 2.05) is 39.0 Å². The van der Waals surface area contributed by atoms with Crippen LogP contribution < -0.4 is 14.8 Å². The first-order chi connectivity index (χ1) is 16.8. The molecule has 35 heavy (non-hydrogen) atoms. The maximum atomic E-state index is 12.7. The average molecular weight is 477 g/mol. The second-order valence-electron chi connectivity index (χ2n) is 9.93. The van der Waals surface area contributed by atoms with Gasteiger partial charge >= 0.3 is 6.09 Å². The number of benzene rings is 2. The van der Waals surface area contributed by atoms with Crippen molar-refractivity contribution in [2.24, 2.45) is 0 Å². The third kappa shape index (κ3) is 5.88. The van der Waals surface area contributed by atoms with Crippen LogP contribution in [0, 0.1) is 0 Å². The third-order valence-corrected chi connectivity index (χ3v) is 6.06. The van der Waals surface area contributed by atoms with Gasteiger partial charge in [0.15, 0.2) is 11.5 Å². The van der Waals surface area contributed by atoms with E-state index in [2.05, 4.69) is 42.6 Å². The number of carbonyl (C=O) groups excluding carboxylic acids is 1. The molecule has 0 spiro atoms. The van der Waals surface area contributed by atoms with Crippen molar-refractivity contribution in [1.29, 1.82) is 0 Å². The number of hydrogen-bond donors (Lipinski definition) is 1. The van der Waals surface area contributed by atoms with E-state index in [9.17, 15) is 4.79 Å². The molecule has 6 heteroatoms. The van der Waals surface area contributed by atoms with E-state index < -0.39 is 5.60 Å². The van der Waals surface area contributed by atoms with Gasteiger partial charge in [0.25, 0.3) is 0 Å². The zero-order chi connectivity index (χ0) is 25.0. The molecule has 0 fully saturated rings. The van der Waals surface area contributed by atoms with Crippen LogP contribution in [0.4, 0.5) is 4.79 Å². The van der Waals surface area contributed by atoms with Gasteiger partial charge in [0, 0.05) is 18.1 Å². The molecule has 2 heterocycles. The third-order valence-electron chi connectivity index (χ3n) is 6.06. The lowest BCUT2D eigenvalue weighted by atomic mass is 9.93. The van der Waals surface area contributed by atoms with E-state index in [4.69, 9.17) is 14.2 Å². The quantitative estimate of drug-likeness (QED) is 0.394. The van der Waals surface area contributed by atoms with Crippen LogP contribution in [0.1, 0.15) is 63.3 Å². The van der Waals surface area contributed by atoms with E-state index in [0.717, 1.165) is 53.8 Å². The van der Waals surface area contributed by atoms with Crippen molar-refractivity contribution in [3.8, 4) is 11.5 Å². The molecule has 186 valence electrons. The number of rotatable bonds is 7. The predicted octanol–water partition coefficient (Wildman–Crippen LogP) is 6.51. The summed E-state index contributed by atoms with van der Waals surface area (Å²) in [6.45, 7) is 9.35. The monoisotopic (exact) mass is 476 g/mol. The summed E-state index contributed by atoms with van der Waals surface area (Å²) in [6.07, 6.45) is 8.71. The molecule has 0 radical (unpaired) electrons. The van der Waals surface area contributed by atoms with E-state index in [0.29, 0.717) is 6.61 Å². The minimum atomic E-state index is -0.548. The van der Waals surface area contributed by atoms with Crippen LogP contribution in [-0.4, -0.2) is 36.5 Å². The summed E-state index contributed by atoms with van der Waals surface area (Å²) in [4.78, 5) is 12.7. The lowest BCUT2D eigenvalue weighted by Crippen LogP contribution is -2.28. The second-order valence-corrected chi connectivity index (χ2v) is 9.93. The topological polar surface area (TPSA) is 61.7 Å². The summed E-state index contributed by atoms with van der Waals surface area (Å²) < 4.78 is 18.8. The largest absolute Gasteiger partial charge is 0.493 e. The Kier molecular flexibility index (Phi) is 7.51. The fourth-order valence-corrected chi connectivity index (χ4v) is 4.29. The Labute approximate surface area is 207 Å². The van der Waals surface area contributed by atoms with Crippen molar-refractivity contribution in [2.45, 2.75) is 58.6 Å². The number of carbonyl (C=O) groups is 1. The zero-order valence-electron chi connectivity index (χ0n) is 21.4. The van der Waals surface area contributed by atoms with E-state index >= 15 is 0 Å². The number of nitrogens with zero attached hydrogens (tertiary/aromatic N) is 1. The van der Waals surface area contributed by atoms with Crippen LogP contribution in [0.5, 0.6) is 11.5 Å². The Bertz CT molecular complexity index is 1220. The number of methoxy groups -OCH3 is 1. The molecule has 2 aromatic carbocycles. The normalized spacial score (nSPS) is 15.9. The molecule has 3 aromatic rings. The van der Waals surface area contributed by atoms with Crippen molar-refractivity contribution < 1.29 is 19.0 Å². The highest BCUT2D eigenvalue weighted by Crippen LogP contribution is 2.36. The minimum Gasteiger partial charge on any atom is -0.493 e. The van der Waals surface area contributed by atoms with Gasteiger partial charge in [-0.15, -0.1) is 0 Å². The first kappa shape index (κ1) is 24.9. The standard InChI is InChI=1S/C29H36N2O4/c1-6-7-16-34-27-18-22-12-14-30-24(23(22)19-26(27)33-5)11-9-20-8-10-21-13-15-31(25(21)17-20)28(32)35-29(2,3)4/h8-11,13,15,17-19,24,30H,6-7,12,14,16H2,1-5H3/b11-9+. The molecule has 1 aliphatic rings. The van der Waals surface area contributed by atoms with Crippen LogP contribution in [0.3, 0.4) is 0 Å². The lowest BCUT2D eigenvalue weighted by molar-refractivity contribution is 0.0544. The number of fused-ring (bicyclic) bond motifs is 2. The smallest absolute Gasteiger partial charge is 0.418 e. The number of aromatic nitrogens is 1. The van der Waals surface area contributed by atoms with Crippen LogP contribution in [0.2, 0.25) is 0 Å². The van der Waals surface area contributed by atoms with Crippen LogP contribution in [0.25, 0.3) is 17.0 Å². The molecule has 1 N–H and O–H groups in total. The lowest BCUT2D eigenvalue weighted by Gasteiger charge is -2.26.